The molecule has 4 nitrogen and oxygen atoms in total. The first-order chi connectivity index (χ1) is 12.2. The van der Waals surface area contributed by atoms with Gasteiger partial charge in [0.2, 0.25) is 0 Å². The quantitative estimate of drug-likeness (QED) is 0.689. The fraction of sp³-hybridized carbons (Fsp3) is 0.150. The van der Waals surface area contributed by atoms with Gasteiger partial charge in [0.1, 0.15) is 12.0 Å². The lowest BCUT2D eigenvalue weighted by molar-refractivity contribution is 0.0980. The molecule has 2 aromatic carbocycles. The number of benzene rings is 2. The zero-order valence-electron chi connectivity index (χ0n) is 13.5. The van der Waals surface area contributed by atoms with E-state index in [9.17, 15) is 4.79 Å². The number of hydrogen-bond donors (Lipinski definition) is 0. The Morgan fingerprint density at radius 1 is 1.04 bits per heavy atom. The third-order valence-corrected chi connectivity index (χ3v) is 4.60. The fourth-order valence-electron chi connectivity index (χ4n) is 3.16. The molecule has 0 unspecified atom stereocenters. The summed E-state index contributed by atoms with van der Waals surface area (Å²) in [5, 5.41) is 0.633. The van der Waals surface area contributed by atoms with Gasteiger partial charge in [-0.25, -0.2) is 9.97 Å². The zero-order chi connectivity index (χ0) is 17.2. The standard InChI is InChI=1S/C20H16ClN3O/c21-16-8-3-6-15(11-16)17-12-18(23-13-22-17)20(25)24-10-4-7-14-5-1-2-9-19(14)24/h1-3,5-6,8-9,11-13H,4,7,10H2. The number of aromatic nitrogens is 2. The molecular weight excluding hydrogens is 334 g/mol. The molecule has 5 heteroatoms. The second kappa shape index (κ2) is 6.65. The molecule has 25 heavy (non-hydrogen) atoms. The molecule has 0 saturated carbocycles. The summed E-state index contributed by atoms with van der Waals surface area (Å²) >= 11 is 6.06. The number of amides is 1. The van der Waals surface area contributed by atoms with E-state index in [-0.39, 0.29) is 5.91 Å². The summed E-state index contributed by atoms with van der Waals surface area (Å²) in [6.45, 7) is 0.701. The third-order valence-electron chi connectivity index (χ3n) is 4.36. The summed E-state index contributed by atoms with van der Waals surface area (Å²) < 4.78 is 0. The van der Waals surface area contributed by atoms with Crippen molar-refractivity contribution in [1.82, 2.24) is 9.97 Å². The van der Waals surface area contributed by atoms with Gasteiger partial charge in [-0.3, -0.25) is 4.79 Å². The second-order valence-corrected chi connectivity index (χ2v) is 6.42. The van der Waals surface area contributed by atoms with E-state index in [0.29, 0.717) is 23.0 Å². The van der Waals surface area contributed by atoms with Gasteiger partial charge in [0.15, 0.2) is 0 Å². The molecule has 0 N–H and O–H groups in total. The van der Waals surface area contributed by atoms with Gasteiger partial charge in [0, 0.05) is 22.8 Å². The van der Waals surface area contributed by atoms with Gasteiger partial charge < -0.3 is 4.90 Å². The van der Waals surface area contributed by atoms with Crippen molar-refractivity contribution in [3.05, 3.63) is 77.2 Å². The van der Waals surface area contributed by atoms with E-state index < -0.39 is 0 Å². The molecule has 1 aliphatic heterocycles. The SMILES string of the molecule is O=C(c1cc(-c2cccc(Cl)c2)ncn1)N1CCCc2ccccc21. The van der Waals surface area contributed by atoms with E-state index in [1.54, 1.807) is 6.07 Å². The Balaban J connectivity index is 1.69. The number of para-hydroxylation sites is 1. The van der Waals surface area contributed by atoms with Crippen molar-refractivity contribution in [3.8, 4) is 11.3 Å². The largest absolute Gasteiger partial charge is 0.307 e. The van der Waals surface area contributed by atoms with E-state index >= 15 is 0 Å². The molecule has 0 saturated heterocycles. The van der Waals surface area contributed by atoms with Crippen molar-refractivity contribution in [3.63, 3.8) is 0 Å². The van der Waals surface area contributed by atoms with Gasteiger partial charge in [-0.15, -0.1) is 0 Å². The van der Waals surface area contributed by atoms with Gasteiger partial charge >= 0.3 is 0 Å². The van der Waals surface area contributed by atoms with Crippen LogP contribution in [-0.4, -0.2) is 22.4 Å². The van der Waals surface area contributed by atoms with Crippen LogP contribution in [0.2, 0.25) is 5.02 Å². The van der Waals surface area contributed by atoms with Crippen LogP contribution in [0.1, 0.15) is 22.5 Å². The first kappa shape index (κ1) is 15.8. The number of carbonyl (C=O) groups is 1. The Morgan fingerprint density at radius 3 is 2.80 bits per heavy atom. The van der Waals surface area contributed by atoms with Crippen LogP contribution < -0.4 is 4.90 Å². The number of halogens is 1. The van der Waals surface area contributed by atoms with Crippen LogP contribution >= 0.6 is 11.6 Å². The molecule has 0 radical (unpaired) electrons. The Labute approximate surface area is 151 Å². The average Bonchev–Trinajstić information content (AvgIpc) is 2.67. The molecule has 1 aliphatic rings. The maximum atomic E-state index is 13.0. The van der Waals surface area contributed by atoms with Crippen LogP contribution in [0.4, 0.5) is 5.69 Å². The lowest BCUT2D eigenvalue weighted by atomic mass is 10.0. The Morgan fingerprint density at radius 2 is 1.92 bits per heavy atom. The molecule has 2 heterocycles. The Hall–Kier alpha value is -2.72. The fourth-order valence-corrected chi connectivity index (χ4v) is 3.35. The predicted molar refractivity (Wildman–Crippen MR) is 98.9 cm³/mol. The van der Waals surface area contributed by atoms with E-state index in [2.05, 4.69) is 16.0 Å². The maximum absolute atomic E-state index is 13.0. The first-order valence-electron chi connectivity index (χ1n) is 8.20. The minimum Gasteiger partial charge on any atom is -0.307 e. The maximum Gasteiger partial charge on any atom is 0.277 e. The highest BCUT2D eigenvalue weighted by atomic mass is 35.5. The third kappa shape index (κ3) is 3.13. The monoisotopic (exact) mass is 349 g/mol. The van der Waals surface area contributed by atoms with Gasteiger partial charge in [-0.05, 0) is 42.7 Å². The molecule has 0 spiro atoms. The first-order valence-corrected chi connectivity index (χ1v) is 8.58. The average molecular weight is 350 g/mol. The highest BCUT2D eigenvalue weighted by molar-refractivity contribution is 6.30. The summed E-state index contributed by atoms with van der Waals surface area (Å²) in [6, 6.07) is 17.2. The van der Waals surface area contributed by atoms with Crippen molar-refractivity contribution >= 4 is 23.2 Å². The summed E-state index contributed by atoms with van der Waals surface area (Å²) in [4.78, 5) is 23.3. The summed E-state index contributed by atoms with van der Waals surface area (Å²) in [7, 11) is 0. The molecule has 124 valence electrons. The molecule has 0 atom stereocenters. The van der Waals surface area contributed by atoms with Gasteiger partial charge in [-0.2, -0.15) is 0 Å². The molecule has 1 aromatic heterocycles. The normalized spacial score (nSPS) is 13.4. The number of fused-ring (bicyclic) bond motifs is 1. The highest BCUT2D eigenvalue weighted by Gasteiger charge is 2.24. The number of anilines is 1. The summed E-state index contributed by atoms with van der Waals surface area (Å²) in [5.74, 6) is -0.0992. The summed E-state index contributed by atoms with van der Waals surface area (Å²) in [5.41, 5.74) is 4.11. The molecule has 0 fully saturated rings. The minimum atomic E-state index is -0.0992. The van der Waals surface area contributed by atoms with Crippen molar-refractivity contribution in [1.29, 1.82) is 0 Å². The molecule has 4 rings (SSSR count). The second-order valence-electron chi connectivity index (χ2n) is 5.99. The van der Waals surface area contributed by atoms with Crippen LogP contribution in [0, 0.1) is 0 Å². The van der Waals surface area contributed by atoms with Gasteiger partial charge in [0.05, 0.1) is 5.69 Å². The van der Waals surface area contributed by atoms with Crippen molar-refractivity contribution < 1.29 is 4.79 Å². The van der Waals surface area contributed by atoms with Crippen molar-refractivity contribution in [2.24, 2.45) is 0 Å². The molecule has 0 bridgehead atoms. The molecule has 3 aromatic rings. The Bertz CT molecular complexity index is 941. The van der Waals surface area contributed by atoms with E-state index in [1.165, 1.54) is 11.9 Å². The van der Waals surface area contributed by atoms with Crippen LogP contribution in [0.3, 0.4) is 0 Å². The number of aryl methyl sites for hydroxylation is 1. The zero-order valence-corrected chi connectivity index (χ0v) is 14.3. The topological polar surface area (TPSA) is 46.1 Å². The van der Waals surface area contributed by atoms with Crippen LogP contribution in [0.5, 0.6) is 0 Å². The summed E-state index contributed by atoms with van der Waals surface area (Å²) in [6.07, 6.45) is 3.38. The number of hydrogen-bond acceptors (Lipinski definition) is 3. The Kier molecular flexibility index (Phi) is 4.20. The van der Waals surface area contributed by atoms with Gasteiger partial charge in [0.25, 0.3) is 5.91 Å². The minimum absolute atomic E-state index is 0.0992. The highest BCUT2D eigenvalue weighted by Crippen LogP contribution is 2.28. The predicted octanol–water partition coefficient (Wildman–Crippen LogP) is 4.39. The number of carbonyl (C=O) groups excluding carboxylic acids is 1. The number of rotatable bonds is 2. The van der Waals surface area contributed by atoms with E-state index in [1.807, 2.05) is 47.4 Å². The van der Waals surface area contributed by atoms with Crippen LogP contribution in [0.25, 0.3) is 11.3 Å². The van der Waals surface area contributed by atoms with E-state index in [0.717, 1.165) is 24.1 Å². The molecule has 1 amide bonds. The lowest BCUT2D eigenvalue weighted by Crippen LogP contribution is -2.36. The van der Waals surface area contributed by atoms with Crippen LogP contribution in [0.15, 0.2) is 60.9 Å². The lowest BCUT2D eigenvalue weighted by Gasteiger charge is -2.29. The number of nitrogens with zero attached hydrogens (tertiary/aromatic N) is 3. The smallest absolute Gasteiger partial charge is 0.277 e. The van der Waals surface area contributed by atoms with E-state index in [4.69, 9.17) is 11.6 Å². The molecular formula is C20H16ClN3O. The molecule has 0 aliphatic carbocycles. The van der Waals surface area contributed by atoms with Crippen molar-refractivity contribution in [2.45, 2.75) is 12.8 Å². The van der Waals surface area contributed by atoms with Crippen molar-refractivity contribution in [2.75, 3.05) is 11.4 Å². The van der Waals surface area contributed by atoms with Gasteiger partial charge in [-0.1, -0.05) is 41.9 Å². The van der Waals surface area contributed by atoms with Crippen LogP contribution in [-0.2, 0) is 6.42 Å².